The molecule has 8 nitrogen and oxygen atoms in total. The molecule has 0 atom stereocenters. The second kappa shape index (κ2) is 6.20. The molecule has 0 aliphatic carbocycles. The number of benzene rings is 2. The molecule has 3 heterocycles. The van der Waals surface area contributed by atoms with Crippen LogP contribution in [0.4, 0.5) is 5.82 Å². The van der Waals surface area contributed by atoms with Crippen molar-refractivity contribution in [3.63, 3.8) is 0 Å². The predicted molar refractivity (Wildman–Crippen MR) is 104 cm³/mol. The third-order valence-electron chi connectivity index (χ3n) is 4.48. The highest BCUT2D eigenvalue weighted by Crippen LogP contribution is 2.35. The molecule has 2 aromatic carbocycles. The molecule has 0 fully saturated rings. The van der Waals surface area contributed by atoms with Gasteiger partial charge in [0.05, 0.1) is 11.7 Å². The summed E-state index contributed by atoms with van der Waals surface area (Å²) < 4.78 is 6.75. The topological polar surface area (TPSA) is 116 Å². The highest BCUT2D eigenvalue weighted by Gasteiger charge is 2.22. The van der Waals surface area contributed by atoms with Gasteiger partial charge in [0.1, 0.15) is 11.3 Å². The van der Waals surface area contributed by atoms with E-state index in [1.54, 1.807) is 24.5 Å². The van der Waals surface area contributed by atoms with Gasteiger partial charge in [-0.15, -0.1) is 0 Å². The van der Waals surface area contributed by atoms with Gasteiger partial charge in [-0.05, 0) is 40.1 Å². The maximum Gasteiger partial charge on any atom is 0.199 e. The van der Waals surface area contributed by atoms with Crippen LogP contribution in [-0.2, 0) is 0 Å². The minimum atomic E-state index is 0.159. The van der Waals surface area contributed by atoms with Crippen LogP contribution in [0.3, 0.4) is 0 Å². The molecule has 0 amide bonds. The Hall–Kier alpha value is -4.20. The first kappa shape index (κ1) is 16.0. The Balaban J connectivity index is 1.89. The average molecular weight is 370 g/mol. The summed E-state index contributed by atoms with van der Waals surface area (Å²) in [6.45, 7) is 0. The fourth-order valence-electron chi connectivity index (χ4n) is 3.22. The molecule has 28 heavy (non-hydrogen) atoms. The molecule has 5 rings (SSSR count). The van der Waals surface area contributed by atoms with Gasteiger partial charge < -0.3 is 10.8 Å². The number of nitrogens with zero attached hydrogens (tertiary/aromatic N) is 5. The van der Waals surface area contributed by atoms with Gasteiger partial charge in [-0.25, -0.2) is 9.61 Å². The molecule has 3 N–H and O–H groups in total. The minimum absolute atomic E-state index is 0.159. The Kier molecular flexibility index (Phi) is 3.55. The lowest BCUT2D eigenvalue weighted by molar-refractivity contribution is 0.310. The number of para-hydroxylation sites is 1. The summed E-state index contributed by atoms with van der Waals surface area (Å²) in [4.78, 5) is 9.04. The molecule has 8 heteroatoms. The van der Waals surface area contributed by atoms with Crippen molar-refractivity contribution in [1.82, 2.24) is 24.8 Å². The molecule has 5 aromatic rings. The summed E-state index contributed by atoms with van der Waals surface area (Å²) in [5, 5.41) is 17.3. The first-order valence-electron chi connectivity index (χ1n) is 8.52. The summed E-state index contributed by atoms with van der Waals surface area (Å²) >= 11 is 0. The van der Waals surface area contributed by atoms with E-state index in [2.05, 4.69) is 15.3 Å². The second-order valence-electron chi connectivity index (χ2n) is 6.21. The number of phenols is 1. The smallest absolute Gasteiger partial charge is 0.199 e. The maximum atomic E-state index is 9.64. The van der Waals surface area contributed by atoms with Crippen molar-refractivity contribution in [3.8, 4) is 34.1 Å². The molecule has 0 radical (unpaired) electrons. The first-order chi connectivity index (χ1) is 13.7. The van der Waals surface area contributed by atoms with Gasteiger partial charge in [0, 0.05) is 17.4 Å². The van der Waals surface area contributed by atoms with Crippen LogP contribution in [0.1, 0.15) is 0 Å². The summed E-state index contributed by atoms with van der Waals surface area (Å²) in [6, 6.07) is 16.7. The van der Waals surface area contributed by atoms with Crippen LogP contribution in [0.25, 0.3) is 39.4 Å². The zero-order chi connectivity index (χ0) is 19.1. The number of imidazole rings is 1. The number of fused-ring (bicyclic) bond motifs is 1. The van der Waals surface area contributed by atoms with E-state index in [1.807, 2.05) is 47.0 Å². The van der Waals surface area contributed by atoms with E-state index in [1.165, 1.54) is 0 Å². The molecule has 0 aliphatic rings. The largest absolute Gasteiger partial charge is 0.508 e. The molecule has 0 aliphatic heterocycles. The van der Waals surface area contributed by atoms with Gasteiger partial charge in [-0.3, -0.25) is 9.55 Å². The number of aromatic nitrogens is 5. The van der Waals surface area contributed by atoms with Gasteiger partial charge >= 0.3 is 0 Å². The van der Waals surface area contributed by atoms with Crippen LogP contribution in [0.5, 0.6) is 5.75 Å². The minimum Gasteiger partial charge on any atom is -0.508 e. The Morgan fingerprint density at radius 1 is 0.929 bits per heavy atom. The second-order valence-corrected chi connectivity index (χ2v) is 6.21. The van der Waals surface area contributed by atoms with Crippen molar-refractivity contribution >= 4 is 16.9 Å². The SMILES string of the molecule is Nc1nonc1-c1nc2cncc(-c3ccc(O)cc3)c2n1-c1ccccc1. The number of aromatic hydroxyl groups is 1. The molecule has 0 spiro atoms. The summed E-state index contributed by atoms with van der Waals surface area (Å²) in [5.74, 6) is 0.863. The summed E-state index contributed by atoms with van der Waals surface area (Å²) in [5.41, 5.74) is 10.4. The molecule has 0 saturated heterocycles. The number of hydrogen-bond acceptors (Lipinski definition) is 7. The van der Waals surface area contributed by atoms with Crippen molar-refractivity contribution in [3.05, 3.63) is 67.0 Å². The van der Waals surface area contributed by atoms with Crippen molar-refractivity contribution in [2.45, 2.75) is 0 Å². The number of nitrogens with two attached hydrogens (primary N) is 1. The molecule has 0 saturated carbocycles. The van der Waals surface area contributed by atoms with E-state index >= 15 is 0 Å². The van der Waals surface area contributed by atoms with Crippen LogP contribution in [0.15, 0.2) is 71.6 Å². The number of phenolic OH excluding ortho intramolecular Hbond substituents is 1. The fourth-order valence-corrected chi connectivity index (χ4v) is 3.22. The summed E-state index contributed by atoms with van der Waals surface area (Å²) in [7, 11) is 0. The average Bonchev–Trinajstić information content (AvgIpc) is 3.32. The molecule has 136 valence electrons. The number of pyridine rings is 1. The third kappa shape index (κ3) is 2.47. The number of anilines is 1. The van der Waals surface area contributed by atoms with Gasteiger partial charge in [0.25, 0.3) is 0 Å². The van der Waals surface area contributed by atoms with Crippen LogP contribution in [0, 0.1) is 0 Å². The summed E-state index contributed by atoms with van der Waals surface area (Å²) in [6.07, 6.45) is 3.45. The zero-order valence-corrected chi connectivity index (χ0v) is 14.5. The molecule has 0 bridgehead atoms. The van der Waals surface area contributed by atoms with E-state index < -0.39 is 0 Å². The van der Waals surface area contributed by atoms with Crippen LogP contribution >= 0.6 is 0 Å². The third-order valence-corrected chi connectivity index (χ3v) is 4.48. The highest BCUT2D eigenvalue weighted by molar-refractivity contribution is 5.95. The van der Waals surface area contributed by atoms with Crippen LogP contribution in [0.2, 0.25) is 0 Å². The molecular weight excluding hydrogens is 356 g/mol. The number of nitrogen functional groups attached to an aromatic ring is 1. The van der Waals surface area contributed by atoms with E-state index in [4.69, 9.17) is 15.3 Å². The lowest BCUT2D eigenvalue weighted by atomic mass is 10.1. The van der Waals surface area contributed by atoms with Gasteiger partial charge in [-0.2, -0.15) is 0 Å². The van der Waals surface area contributed by atoms with Gasteiger partial charge in [0.2, 0.25) is 0 Å². The molecule has 3 aromatic heterocycles. The van der Waals surface area contributed by atoms with Crippen LogP contribution in [-0.4, -0.2) is 30.0 Å². The standard InChI is InChI=1S/C20H14N6O2/c21-19-17(24-28-25-19)20-23-16-11-22-10-15(12-6-8-14(27)9-7-12)18(16)26(20)13-4-2-1-3-5-13/h1-11,27H,(H2,21,25). The lowest BCUT2D eigenvalue weighted by Crippen LogP contribution is -2.00. The Bertz CT molecular complexity index is 1280. The quantitative estimate of drug-likeness (QED) is 0.500. The van der Waals surface area contributed by atoms with Gasteiger partial charge in [-0.1, -0.05) is 30.3 Å². The monoisotopic (exact) mass is 370 g/mol. The number of rotatable bonds is 3. The van der Waals surface area contributed by atoms with E-state index in [-0.39, 0.29) is 11.6 Å². The Morgan fingerprint density at radius 2 is 1.71 bits per heavy atom. The van der Waals surface area contributed by atoms with Gasteiger partial charge in [0.15, 0.2) is 17.3 Å². The Labute approximate surface area is 158 Å². The van der Waals surface area contributed by atoms with Crippen molar-refractivity contribution in [1.29, 1.82) is 0 Å². The van der Waals surface area contributed by atoms with Crippen molar-refractivity contribution in [2.75, 3.05) is 5.73 Å². The lowest BCUT2D eigenvalue weighted by Gasteiger charge is -2.11. The van der Waals surface area contributed by atoms with Crippen molar-refractivity contribution < 1.29 is 9.74 Å². The first-order valence-corrected chi connectivity index (χ1v) is 8.52. The molecule has 0 unspecified atom stereocenters. The normalized spacial score (nSPS) is 11.1. The predicted octanol–water partition coefficient (Wildman–Crippen LogP) is 3.43. The van der Waals surface area contributed by atoms with E-state index in [9.17, 15) is 5.11 Å². The van der Waals surface area contributed by atoms with Crippen molar-refractivity contribution in [2.24, 2.45) is 0 Å². The zero-order valence-electron chi connectivity index (χ0n) is 14.5. The Morgan fingerprint density at radius 3 is 2.43 bits per heavy atom. The fraction of sp³-hybridized carbons (Fsp3) is 0. The highest BCUT2D eigenvalue weighted by atomic mass is 16.6. The van der Waals surface area contributed by atoms with E-state index in [0.29, 0.717) is 17.0 Å². The molecular formula is C20H14N6O2. The maximum absolute atomic E-state index is 9.64. The van der Waals surface area contributed by atoms with Crippen LogP contribution < -0.4 is 5.73 Å². The van der Waals surface area contributed by atoms with E-state index in [0.717, 1.165) is 22.3 Å². The number of hydrogen-bond donors (Lipinski definition) is 2.